The van der Waals surface area contributed by atoms with Crippen molar-refractivity contribution < 1.29 is 14.4 Å². The van der Waals surface area contributed by atoms with Crippen LogP contribution in [0.1, 0.15) is 26.7 Å². The predicted molar refractivity (Wildman–Crippen MR) is 79.4 cm³/mol. The maximum atomic E-state index is 11.9. The summed E-state index contributed by atoms with van der Waals surface area (Å²) in [5.41, 5.74) is 5.47. The molecule has 7 heteroatoms. The van der Waals surface area contributed by atoms with Gasteiger partial charge in [0.1, 0.15) is 0 Å². The van der Waals surface area contributed by atoms with E-state index in [1.807, 2.05) is 0 Å². The van der Waals surface area contributed by atoms with Crippen LogP contribution in [0.5, 0.6) is 0 Å². The second kappa shape index (κ2) is 8.74. The van der Waals surface area contributed by atoms with Crippen LogP contribution in [0.3, 0.4) is 0 Å². The van der Waals surface area contributed by atoms with Crippen molar-refractivity contribution in [3.05, 3.63) is 0 Å². The number of ketones is 1. The molecule has 0 radical (unpaired) electrons. The average Bonchev–Trinajstić information content (AvgIpc) is 2.97. The average molecular weight is 298 g/mol. The van der Waals surface area contributed by atoms with E-state index in [1.165, 1.54) is 0 Å². The zero-order chi connectivity index (χ0) is 15.8. The molecule has 0 aromatic rings. The van der Waals surface area contributed by atoms with Gasteiger partial charge in [0.15, 0.2) is 5.78 Å². The second-order valence-electron chi connectivity index (χ2n) is 5.66. The van der Waals surface area contributed by atoms with E-state index in [1.54, 1.807) is 13.8 Å². The van der Waals surface area contributed by atoms with E-state index in [0.29, 0.717) is 19.5 Å². The Morgan fingerprint density at radius 1 is 1.33 bits per heavy atom. The molecule has 2 atom stereocenters. The molecule has 5 N–H and O–H groups in total. The highest BCUT2D eigenvalue weighted by Crippen LogP contribution is 2.06. The molecule has 1 fully saturated rings. The highest BCUT2D eigenvalue weighted by atomic mass is 16.2. The maximum Gasteiger partial charge on any atom is 0.239 e. The third kappa shape index (κ3) is 5.81. The molecule has 7 nitrogen and oxygen atoms in total. The number of hydrogen-bond acceptors (Lipinski definition) is 5. The lowest BCUT2D eigenvalue weighted by Gasteiger charge is -2.19. The minimum absolute atomic E-state index is 0.0416. The summed E-state index contributed by atoms with van der Waals surface area (Å²) in [6.45, 7) is 5.26. The molecular formula is C14H26N4O3. The van der Waals surface area contributed by atoms with Crippen molar-refractivity contribution in [1.29, 1.82) is 0 Å². The smallest absolute Gasteiger partial charge is 0.239 e. The summed E-state index contributed by atoms with van der Waals surface area (Å²) in [5, 5.41) is 8.35. The van der Waals surface area contributed by atoms with E-state index in [2.05, 4.69) is 16.0 Å². The third-order valence-corrected chi connectivity index (χ3v) is 3.56. The number of nitrogens with one attached hydrogen (secondary N) is 3. The molecule has 0 aliphatic carbocycles. The molecule has 0 aromatic heterocycles. The zero-order valence-corrected chi connectivity index (χ0v) is 12.8. The molecule has 1 aliphatic rings. The lowest BCUT2D eigenvalue weighted by atomic mass is 9.99. The van der Waals surface area contributed by atoms with Gasteiger partial charge in [-0.1, -0.05) is 13.8 Å². The summed E-state index contributed by atoms with van der Waals surface area (Å²) in [6.07, 6.45) is 1.19. The summed E-state index contributed by atoms with van der Waals surface area (Å²) >= 11 is 0. The van der Waals surface area contributed by atoms with Crippen LogP contribution in [0.25, 0.3) is 0 Å². The Hall–Kier alpha value is -1.47. The summed E-state index contributed by atoms with van der Waals surface area (Å²) in [4.78, 5) is 35.6. The van der Waals surface area contributed by atoms with Crippen molar-refractivity contribution >= 4 is 17.6 Å². The fourth-order valence-electron chi connectivity index (χ4n) is 2.29. The van der Waals surface area contributed by atoms with Crippen molar-refractivity contribution in [2.75, 3.05) is 26.2 Å². The summed E-state index contributed by atoms with van der Waals surface area (Å²) in [6, 6.07) is -0.576. The fourth-order valence-corrected chi connectivity index (χ4v) is 2.29. The van der Waals surface area contributed by atoms with Crippen molar-refractivity contribution in [2.45, 2.75) is 32.7 Å². The van der Waals surface area contributed by atoms with E-state index in [9.17, 15) is 14.4 Å². The number of carbonyl (C=O) groups excluding carboxylic acids is 3. The minimum atomic E-state index is -0.576. The fraction of sp³-hybridized carbons (Fsp3) is 0.786. The van der Waals surface area contributed by atoms with Gasteiger partial charge < -0.3 is 21.7 Å². The van der Waals surface area contributed by atoms with E-state index >= 15 is 0 Å². The maximum absolute atomic E-state index is 11.9. The topological polar surface area (TPSA) is 113 Å². The highest BCUT2D eigenvalue weighted by molar-refractivity contribution is 5.92. The van der Waals surface area contributed by atoms with Gasteiger partial charge in [0, 0.05) is 12.5 Å². The Bertz CT molecular complexity index is 378. The van der Waals surface area contributed by atoms with Gasteiger partial charge in [0.05, 0.1) is 18.5 Å². The van der Waals surface area contributed by atoms with Gasteiger partial charge in [-0.05, 0) is 25.9 Å². The molecule has 2 amide bonds. The molecule has 1 aliphatic heterocycles. The first-order valence-corrected chi connectivity index (χ1v) is 7.47. The zero-order valence-electron chi connectivity index (χ0n) is 12.8. The van der Waals surface area contributed by atoms with Gasteiger partial charge in [0.25, 0.3) is 0 Å². The van der Waals surface area contributed by atoms with Crippen LogP contribution < -0.4 is 21.7 Å². The monoisotopic (exact) mass is 298 g/mol. The molecule has 1 unspecified atom stereocenters. The standard InChI is InChI=1S/C14H26N4O3/c1-9(2)13(20)11(3-5-15)18-12(19)8-17-14(21)10-4-6-16-7-10/h9-11,16H,3-8,15H2,1-2H3,(H,17,21)(H,18,19)/t10-,11?/m0/s1. The molecule has 0 spiro atoms. The van der Waals surface area contributed by atoms with Crippen LogP contribution in [-0.4, -0.2) is 49.8 Å². The summed E-state index contributed by atoms with van der Waals surface area (Å²) in [7, 11) is 0. The van der Waals surface area contributed by atoms with Crippen molar-refractivity contribution in [3.63, 3.8) is 0 Å². The van der Waals surface area contributed by atoms with E-state index < -0.39 is 6.04 Å². The predicted octanol–water partition coefficient (Wildman–Crippen LogP) is -1.23. The Kier molecular flexibility index (Phi) is 7.31. The van der Waals surface area contributed by atoms with E-state index in [4.69, 9.17) is 5.73 Å². The van der Waals surface area contributed by atoms with Crippen LogP contribution in [0.2, 0.25) is 0 Å². The van der Waals surface area contributed by atoms with Gasteiger partial charge in [0.2, 0.25) is 11.8 Å². The Labute approximate surface area is 125 Å². The summed E-state index contributed by atoms with van der Waals surface area (Å²) in [5.74, 6) is -0.765. The first kappa shape index (κ1) is 17.6. The van der Waals surface area contributed by atoms with Crippen molar-refractivity contribution in [3.8, 4) is 0 Å². The van der Waals surface area contributed by atoms with Gasteiger partial charge >= 0.3 is 0 Å². The number of rotatable bonds is 8. The Morgan fingerprint density at radius 2 is 2.05 bits per heavy atom. The Balaban J connectivity index is 2.39. The van der Waals surface area contributed by atoms with Crippen LogP contribution >= 0.6 is 0 Å². The number of carbonyl (C=O) groups is 3. The molecule has 1 saturated heterocycles. The highest BCUT2D eigenvalue weighted by Gasteiger charge is 2.24. The van der Waals surface area contributed by atoms with Gasteiger partial charge in [-0.3, -0.25) is 14.4 Å². The minimum Gasteiger partial charge on any atom is -0.347 e. The molecule has 21 heavy (non-hydrogen) atoms. The molecule has 0 aromatic carbocycles. The van der Waals surface area contributed by atoms with E-state index in [-0.39, 0.29) is 36.0 Å². The number of hydrogen-bond donors (Lipinski definition) is 4. The van der Waals surface area contributed by atoms with Gasteiger partial charge in [-0.2, -0.15) is 0 Å². The molecule has 1 rings (SSSR count). The van der Waals surface area contributed by atoms with Crippen molar-refractivity contribution in [2.24, 2.45) is 17.6 Å². The van der Waals surface area contributed by atoms with Crippen LogP contribution in [0.15, 0.2) is 0 Å². The number of Topliss-reactive ketones (excluding diaryl/α,β-unsaturated/α-hetero) is 1. The van der Waals surface area contributed by atoms with Crippen LogP contribution in [-0.2, 0) is 14.4 Å². The summed E-state index contributed by atoms with van der Waals surface area (Å²) < 4.78 is 0. The first-order chi connectivity index (χ1) is 9.95. The largest absolute Gasteiger partial charge is 0.347 e. The SMILES string of the molecule is CC(C)C(=O)C(CCN)NC(=O)CNC(=O)[C@H]1CCNC1. The number of amides is 2. The second-order valence-corrected chi connectivity index (χ2v) is 5.66. The lowest BCUT2D eigenvalue weighted by Crippen LogP contribution is -2.48. The normalized spacial score (nSPS) is 19.3. The first-order valence-electron chi connectivity index (χ1n) is 7.47. The lowest BCUT2D eigenvalue weighted by molar-refractivity contribution is -0.130. The van der Waals surface area contributed by atoms with Crippen LogP contribution in [0.4, 0.5) is 0 Å². The third-order valence-electron chi connectivity index (χ3n) is 3.56. The number of nitrogens with two attached hydrogens (primary N) is 1. The molecule has 120 valence electrons. The molecule has 1 heterocycles. The van der Waals surface area contributed by atoms with Gasteiger partial charge in [-0.25, -0.2) is 0 Å². The molecule has 0 bridgehead atoms. The quantitative estimate of drug-likeness (QED) is 0.448. The molecule has 0 saturated carbocycles. The molecular weight excluding hydrogens is 272 g/mol. The Morgan fingerprint density at radius 3 is 2.57 bits per heavy atom. The van der Waals surface area contributed by atoms with Crippen LogP contribution in [0, 0.1) is 11.8 Å². The van der Waals surface area contributed by atoms with Gasteiger partial charge in [-0.15, -0.1) is 0 Å². The van der Waals surface area contributed by atoms with E-state index in [0.717, 1.165) is 13.0 Å². The van der Waals surface area contributed by atoms with Crippen molar-refractivity contribution in [1.82, 2.24) is 16.0 Å².